The molecule has 4 heterocycles. The average Bonchev–Trinajstić information content (AvgIpc) is 3.81. The second-order valence-corrected chi connectivity index (χ2v) is 18.4. The molecular weight excluding hydrogens is 855 g/mol. The molecule has 0 spiro atoms. The first-order valence-electron chi connectivity index (χ1n) is 15.7. The predicted molar refractivity (Wildman–Crippen MR) is 181 cm³/mol. The zero-order valence-corrected chi connectivity index (χ0v) is 33.2. The molecule has 30 heteroatoms. The number of thiophene rings is 1. The second kappa shape index (κ2) is 18.8. The summed E-state index contributed by atoms with van der Waals surface area (Å²) in [6, 6.07) is 2.67. The Morgan fingerprint density at radius 2 is 1.79 bits per heavy atom. The number of hydrogen-bond acceptors (Lipinski definition) is 24. The van der Waals surface area contributed by atoms with Crippen molar-refractivity contribution in [2.24, 2.45) is 5.41 Å². The molecule has 1 aliphatic heterocycles. The van der Waals surface area contributed by atoms with Crippen LogP contribution in [0.3, 0.4) is 0 Å². The number of nitrogens with zero attached hydrogens (tertiary/aromatic N) is 4. The monoisotopic (exact) mass is 888 g/mol. The van der Waals surface area contributed by atoms with Gasteiger partial charge in [0.15, 0.2) is 17.7 Å². The van der Waals surface area contributed by atoms with Crippen LogP contribution in [-0.4, -0.2) is 103 Å². The fourth-order valence-electron chi connectivity index (χ4n) is 4.75. The van der Waals surface area contributed by atoms with Crippen LogP contribution >= 0.6 is 46.6 Å². The van der Waals surface area contributed by atoms with E-state index in [0.29, 0.717) is 0 Å². The Morgan fingerprint density at radius 3 is 2.45 bits per heavy atom. The third kappa shape index (κ3) is 12.8. The highest BCUT2D eigenvalue weighted by atomic mass is 32.2. The molecule has 25 nitrogen and oxygen atoms in total. The number of imidazole rings is 1. The number of amides is 2. The number of thioether (sulfide) groups is 1. The highest BCUT2D eigenvalue weighted by molar-refractivity contribution is 8.14. The SMILES string of the molecule is CC(C)(COP(=O)([O-])OP(=O)([O-])OC[C@H]1O[C@@H](n2cnc3c(N)ncnc32)[C@H](O)[C@@H]1OP(=O)([O-])[O-])[C@@H](O)C(=O)NCCC(=O)NCCSC(=O)c1ccc([O-])s1. The Kier molecular flexibility index (Phi) is 15.3. The van der Waals surface area contributed by atoms with Crippen LogP contribution < -0.4 is 41.0 Å². The number of nitrogen functional groups attached to an aromatic ring is 1. The van der Waals surface area contributed by atoms with Gasteiger partial charge in [-0.25, -0.2) is 19.3 Å². The van der Waals surface area contributed by atoms with Crippen molar-refractivity contribution >= 4 is 80.5 Å². The molecule has 3 aromatic rings. The van der Waals surface area contributed by atoms with Crippen LogP contribution in [0, 0.1) is 5.41 Å². The molecule has 56 heavy (non-hydrogen) atoms. The Bertz CT molecular complexity index is 2030. The topological polar surface area (TPSA) is 398 Å². The van der Waals surface area contributed by atoms with Gasteiger partial charge in [-0.05, 0) is 6.07 Å². The number of nitrogens with two attached hydrogens (primary N) is 1. The average molecular weight is 889 g/mol. The number of aliphatic hydroxyl groups excluding tert-OH is 2. The van der Waals surface area contributed by atoms with E-state index in [4.69, 9.17) is 10.5 Å². The fourth-order valence-corrected chi connectivity index (χ4v) is 8.96. The number of aromatic nitrogens is 4. The lowest BCUT2D eigenvalue weighted by molar-refractivity contribution is -0.347. The molecule has 7 atom stereocenters. The lowest BCUT2D eigenvalue weighted by Crippen LogP contribution is -2.46. The molecule has 0 bridgehead atoms. The number of carbonyl (C=O) groups excluding carboxylic acids is 3. The number of rotatable bonds is 20. The second-order valence-electron chi connectivity index (χ2n) is 12.2. The van der Waals surface area contributed by atoms with Crippen molar-refractivity contribution in [3.8, 4) is 5.06 Å². The molecule has 2 unspecified atom stereocenters. The van der Waals surface area contributed by atoms with Gasteiger partial charge < -0.3 is 74.1 Å². The zero-order chi connectivity index (χ0) is 41.6. The Balaban J connectivity index is 1.23. The van der Waals surface area contributed by atoms with Gasteiger partial charge in [-0.2, -0.15) is 0 Å². The van der Waals surface area contributed by atoms with Crippen molar-refractivity contribution in [1.29, 1.82) is 0 Å². The van der Waals surface area contributed by atoms with Crippen molar-refractivity contribution < 1.29 is 85.6 Å². The van der Waals surface area contributed by atoms with Gasteiger partial charge in [0.1, 0.15) is 36.3 Å². The quantitative estimate of drug-likeness (QED) is 0.0545. The van der Waals surface area contributed by atoms with Crippen LogP contribution in [0.5, 0.6) is 5.06 Å². The van der Waals surface area contributed by atoms with E-state index >= 15 is 0 Å². The van der Waals surface area contributed by atoms with Crippen molar-refractivity contribution in [1.82, 2.24) is 30.2 Å². The maximum absolute atomic E-state index is 12.5. The largest absolute Gasteiger partial charge is 0.865 e. The maximum Gasteiger partial charge on any atom is 0.274 e. The number of ether oxygens (including phenoxy) is 1. The minimum absolute atomic E-state index is 0.0283. The summed E-state index contributed by atoms with van der Waals surface area (Å²) in [5.74, 6) is -1.43. The molecule has 6 N–H and O–H groups in total. The minimum atomic E-state index is -5.93. The number of phosphoric ester groups is 3. The number of carbonyl (C=O) groups is 3. The molecule has 312 valence electrons. The van der Waals surface area contributed by atoms with E-state index in [2.05, 4.69) is 43.5 Å². The van der Waals surface area contributed by atoms with Gasteiger partial charge in [-0.15, -0.1) is 11.3 Å². The number of aliphatic hydroxyl groups is 2. The number of hydrogen-bond donors (Lipinski definition) is 5. The summed E-state index contributed by atoms with van der Waals surface area (Å²) in [4.78, 5) is 96.2. The summed E-state index contributed by atoms with van der Waals surface area (Å²) in [6.07, 6.45) is -7.70. The maximum atomic E-state index is 12.5. The van der Waals surface area contributed by atoms with Crippen LogP contribution in [0.2, 0.25) is 0 Å². The zero-order valence-electron chi connectivity index (χ0n) is 28.9. The first-order valence-corrected chi connectivity index (χ1v) is 21.9. The third-order valence-corrected chi connectivity index (χ3v) is 12.4. The summed E-state index contributed by atoms with van der Waals surface area (Å²) in [6.45, 7) is -0.102. The Labute approximate surface area is 324 Å². The fraction of sp³-hybridized carbons (Fsp3) is 0.538. The number of fused-ring (bicyclic) bond motifs is 1. The van der Waals surface area contributed by atoms with Gasteiger partial charge in [-0.1, -0.05) is 36.7 Å². The molecule has 0 saturated carbocycles. The molecule has 0 aromatic carbocycles. The van der Waals surface area contributed by atoms with Crippen LogP contribution in [0.25, 0.3) is 11.2 Å². The number of phosphoric acid groups is 3. The molecular formula is C26H33N7O18P3S2-5. The van der Waals surface area contributed by atoms with Crippen LogP contribution in [0.15, 0.2) is 24.8 Å². The van der Waals surface area contributed by atoms with Gasteiger partial charge in [0, 0.05) is 30.7 Å². The van der Waals surface area contributed by atoms with E-state index in [0.717, 1.165) is 40.3 Å². The van der Waals surface area contributed by atoms with Crippen LogP contribution in [0.1, 0.15) is 36.2 Å². The molecule has 1 aliphatic rings. The van der Waals surface area contributed by atoms with Crippen LogP contribution in [-0.2, 0) is 45.9 Å². The summed E-state index contributed by atoms with van der Waals surface area (Å²) >= 11 is 1.70. The summed E-state index contributed by atoms with van der Waals surface area (Å²) in [7, 11) is -17.6. The lowest BCUT2D eigenvalue weighted by atomic mass is 9.87. The van der Waals surface area contributed by atoms with E-state index in [1.54, 1.807) is 0 Å². The summed E-state index contributed by atoms with van der Waals surface area (Å²) < 4.78 is 60.4. The first kappa shape index (κ1) is 45.8. The van der Waals surface area contributed by atoms with E-state index in [9.17, 15) is 63.0 Å². The number of anilines is 1. The van der Waals surface area contributed by atoms with Crippen molar-refractivity contribution in [2.75, 3.05) is 37.8 Å². The highest BCUT2D eigenvalue weighted by Crippen LogP contribution is 2.56. The van der Waals surface area contributed by atoms with Gasteiger partial charge >= 0.3 is 0 Å². The van der Waals surface area contributed by atoms with E-state index < -0.39 is 84.6 Å². The van der Waals surface area contributed by atoms with Gasteiger partial charge in [-0.3, -0.25) is 28.1 Å². The Hall–Kier alpha value is -2.94. The summed E-state index contributed by atoms with van der Waals surface area (Å²) in [5.41, 5.74) is 4.03. The predicted octanol–water partition coefficient (Wildman–Crippen LogP) is -3.41. The molecule has 1 fully saturated rings. The molecule has 0 radical (unpaired) electrons. The van der Waals surface area contributed by atoms with Crippen LogP contribution in [0.4, 0.5) is 5.82 Å². The minimum Gasteiger partial charge on any atom is -0.865 e. The van der Waals surface area contributed by atoms with E-state index in [-0.39, 0.29) is 57.3 Å². The lowest BCUT2D eigenvalue weighted by Gasteiger charge is -2.36. The molecule has 2 amide bonds. The van der Waals surface area contributed by atoms with Gasteiger partial charge in [0.25, 0.3) is 15.6 Å². The van der Waals surface area contributed by atoms with Gasteiger partial charge in [0.05, 0.1) is 32.2 Å². The number of nitrogens with one attached hydrogen (secondary N) is 2. The van der Waals surface area contributed by atoms with Gasteiger partial charge in [0.2, 0.25) is 16.9 Å². The molecule has 3 aromatic heterocycles. The normalized spacial score (nSPS) is 21.6. The van der Waals surface area contributed by atoms with Crippen molar-refractivity contribution in [3.63, 3.8) is 0 Å². The summed E-state index contributed by atoms with van der Waals surface area (Å²) in [5, 5.41) is 36.7. The van der Waals surface area contributed by atoms with Crippen molar-refractivity contribution in [2.45, 2.75) is 50.9 Å². The Morgan fingerprint density at radius 1 is 1.09 bits per heavy atom. The highest BCUT2D eigenvalue weighted by Gasteiger charge is 2.47. The van der Waals surface area contributed by atoms with E-state index in [1.165, 1.54) is 26.0 Å². The van der Waals surface area contributed by atoms with Crippen molar-refractivity contribution in [3.05, 3.63) is 29.7 Å². The molecule has 0 aliphatic carbocycles. The van der Waals surface area contributed by atoms with E-state index in [1.807, 2.05) is 0 Å². The first-order chi connectivity index (χ1) is 26.0. The smallest absolute Gasteiger partial charge is 0.274 e. The molecule has 1 saturated heterocycles. The molecule has 4 rings (SSSR count). The third-order valence-electron chi connectivity index (χ3n) is 7.49. The standard InChI is InChI=1S/C26H38N7O18P3S2/c1-26(2,20(37)23(38)29-6-5-15(34)28-7-8-55-25(39)14-3-4-16(35)56-14)10-48-54(45,46)51-53(43,44)47-9-13-19(50-52(40,41)42)18(36)24(49-13)33-12-32-17-21(27)30-11-31-22(17)33/h3-4,11-13,18-20,24,35-37H,5-10H2,1-2H3,(H,28,34)(H,29,38)(H,43,44)(H,45,46)(H2,27,30,31)(H2,40,41,42)/p-5/t13-,18-,19-,20+,24-/m1/s1.